The summed E-state index contributed by atoms with van der Waals surface area (Å²) in [6.45, 7) is 2.06. The molecular formula is C15H12BrNOS. The van der Waals surface area contributed by atoms with E-state index in [0.717, 1.165) is 20.9 Å². The van der Waals surface area contributed by atoms with Gasteiger partial charge in [0.1, 0.15) is 23.1 Å². The first-order chi connectivity index (χ1) is 9.24. The summed E-state index contributed by atoms with van der Waals surface area (Å²) in [5, 5.41) is 9.30. The first-order valence-corrected chi connectivity index (χ1v) is 7.61. The van der Waals surface area contributed by atoms with E-state index in [9.17, 15) is 5.26 Å². The zero-order valence-electron chi connectivity index (χ0n) is 10.4. The van der Waals surface area contributed by atoms with Crippen LogP contribution in [-0.2, 0) is 0 Å². The van der Waals surface area contributed by atoms with Gasteiger partial charge in [0.15, 0.2) is 0 Å². The minimum absolute atomic E-state index is 0.595. The summed E-state index contributed by atoms with van der Waals surface area (Å²) in [6, 6.07) is 15.5. The Hall–Kier alpha value is -1.44. The van der Waals surface area contributed by atoms with Crippen LogP contribution in [0.5, 0.6) is 11.5 Å². The highest BCUT2D eigenvalue weighted by molar-refractivity contribution is 9.10. The van der Waals surface area contributed by atoms with Gasteiger partial charge in [0.05, 0.1) is 0 Å². The van der Waals surface area contributed by atoms with Crippen molar-refractivity contribution in [3.63, 3.8) is 0 Å². The molecular weight excluding hydrogens is 322 g/mol. The molecule has 0 atom stereocenters. The van der Waals surface area contributed by atoms with Gasteiger partial charge in [-0.1, -0.05) is 28.9 Å². The smallest absolute Gasteiger partial charge is 0.146 e. The molecule has 0 N–H and O–H groups in total. The van der Waals surface area contributed by atoms with E-state index >= 15 is 0 Å². The molecule has 0 radical (unpaired) electrons. The third kappa shape index (κ3) is 3.52. The number of thioether (sulfide) groups is 1. The average molecular weight is 334 g/mol. The Morgan fingerprint density at radius 3 is 2.58 bits per heavy atom. The van der Waals surface area contributed by atoms with Crippen molar-refractivity contribution < 1.29 is 4.74 Å². The van der Waals surface area contributed by atoms with Gasteiger partial charge < -0.3 is 4.74 Å². The van der Waals surface area contributed by atoms with Crippen LogP contribution in [0.25, 0.3) is 0 Å². The summed E-state index contributed by atoms with van der Waals surface area (Å²) in [5.74, 6) is 2.25. The fourth-order valence-electron chi connectivity index (χ4n) is 1.61. The Labute approximate surface area is 125 Å². The standard InChI is InChI=1S/C15H12BrNOS/c1-2-19-15-5-3-4-14(13(15)10-17)18-12-8-6-11(16)7-9-12/h3-9H,2H2,1H3. The zero-order chi connectivity index (χ0) is 13.7. The van der Waals surface area contributed by atoms with Crippen molar-refractivity contribution in [3.05, 3.63) is 52.5 Å². The predicted octanol–water partition coefficient (Wildman–Crippen LogP) is 5.23. The molecule has 19 heavy (non-hydrogen) atoms. The van der Waals surface area contributed by atoms with Crippen LogP contribution in [0.1, 0.15) is 12.5 Å². The molecule has 96 valence electrons. The normalized spacial score (nSPS) is 9.95. The monoisotopic (exact) mass is 333 g/mol. The maximum Gasteiger partial charge on any atom is 0.146 e. The van der Waals surface area contributed by atoms with Crippen molar-refractivity contribution in [2.45, 2.75) is 11.8 Å². The molecule has 0 fully saturated rings. The number of ether oxygens (including phenoxy) is 1. The number of hydrogen-bond donors (Lipinski definition) is 0. The Balaban J connectivity index is 2.32. The van der Waals surface area contributed by atoms with E-state index in [2.05, 4.69) is 28.9 Å². The summed E-state index contributed by atoms with van der Waals surface area (Å²) in [7, 11) is 0. The van der Waals surface area contributed by atoms with E-state index in [-0.39, 0.29) is 0 Å². The summed E-state index contributed by atoms with van der Waals surface area (Å²) < 4.78 is 6.78. The summed E-state index contributed by atoms with van der Waals surface area (Å²) in [6.07, 6.45) is 0. The van der Waals surface area contributed by atoms with Gasteiger partial charge in [0.2, 0.25) is 0 Å². The molecule has 2 nitrogen and oxygen atoms in total. The third-order valence-electron chi connectivity index (χ3n) is 2.44. The lowest BCUT2D eigenvalue weighted by atomic mass is 10.2. The lowest BCUT2D eigenvalue weighted by Gasteiger charge is -2.10. The van der Waals surface area contributed by atoms with Crippen molar-refractivity contribution in [2.75, 3.05) is 5.75 Å². The van der Waals surface area contributed by atoms with Crippen LogP contribution >= 0.6 is 27.7 Å². The minimum atomic E-state index is 0.595. The summed E-state index contributed by atoms with van der Waals surface area (Å²) in [4.78, 5) is 0.958. The van der Waals surface area contributed by atoms with Gasteiger partial charge in [-0.05, 0) is 42.2 Å². The van der Waals surface area contributed by atoms with Crippen LogP contribution in [0, 0.1) is 11.3 Å². The fraction of sp³-hybridized carbons (Fsp3) is 0.133. The van der Waals surface area contributed by atoms with Crippen molar-refractivity contribution in [1.29, 1.82) is 5.26 Å². The van der Waals surface area contributed by atoms with Gasteiger partial charge in [-0.15, -0.1) is 11.8 Å². The number of hydrogen-bond acceptors (Lipinski definition) is 3. The van der Waals surface area contributed by atoms with Crippen LogP contribution in [-0.4, -0.2) is 5.75 Å². The Kier molecular flexibility index (Phi) is 4.89. The van der Waals surface area contributed by atoms with E-state index in [1.54, 1.807) is 11.8 Å². The molecule has 0 bridgehead atoms. The average Bonchev–Trinajstić information content (AvgIpc) is 2.42. The van der Waals surface area contributed by atoms with Gasteiger partial charge in [-0.3, -0.25) is 0 Å². The highest BCUT2D eigenvalue weighted by atomic mass is 79.9. The Bertz CT molecular complexity index is 605. The van der Waals surface area contributed by atoms with Gasteiger partial charge in [-0.2, -0.15) is 5.26 Å². The SMILES string of the molecule is CCSc1cccc(Oc2ccc(Br)cc2)c1C#N. The van der Waals surface area contributed by atoms with E-state index in [1.165, 1.54) is 0 Å². The zero-order valence-corrected chi connectivity index (χ0v) is 12.8. The van der Waals surface area contributed by atoms with Gasteiger partial charge in [-0.25, -0.2) is 0 Å². The van der Waals surface area contributed by atoms with E-state index < -0.39 is 0 Å². The van der Waals surface area contributed by atoms with Crippen molar-refractivity contribution in [1.82, 2.24) is 0 Å². The second kappa shape index (κ2) is 6.65. The van der Waals surface area contributed by atoms with Crippen molar-refractivity contribution >= 4 is 27.7 Å². The second-order valence-electron chi connectivity index (χ2n) is 3.73. The first kappa shape index (κ1) is 14.0. The van der Waals surface area contributed by atoms with Gasteiger partial charge in [0, 0.05) is 9.37 Å². The highest BCUT2D eigenvalue weighted by Gasteiger charge is 2.10. The molecule has 0 aromatic heterocycles. The van der Waals surface area contributed by atoms with Crippen LogP contribution in [0.4, 0.5) is 0 Å². The molecule has 0 heterocycles. The largest absolute Gasteiger partial charge is 0.456 e. The fourth-order valence-corrected chi connectivity index (χ4v) is 2.65. The number of nitrogens with zero attached hydrogens (tertiary/aromatic N) is 1. The van der Waals surface area contributed by atoms with Crippen LogP contribution < -0.4 is 4.74 Å². The predicted molar refractivity (Wildman–Crippen MR) is 81.8 cm³/mol. The highest BCUT2D eigenvalue weighted by Crippen LogP contribution is 2.32. The number of rotatable bonds is 4. The van der Waals surface area contributed by atoms with Crippen molar-refractivity contribution in [3.8, 4) is 17.6 Å². The van der Waals surface area contributed by atoms with Crippen LogP contribution in [0.15, 0.2) is 51.8 Å². The number of halogens is 1. The van der Waals surface area contributed by atoms with Gasteiger partial charge in [0.25, 0.3) is 0 Å². The van der Waals surface area contributed by atoms with Gasteiger partial charge >= 0.3 is 0 Å². The Morgan fingerprint density at radius 2 is 1.95 bits per heavy atom. The van der Waals surface area contributed by atoms with Crippen molar-refractivity contribution in [2.24, 2.45) is 0 Å². The molecule has 0 spiro atoms. The van der Waals surface area contributed by atoms with E-state index in [1.807, 2.05) is 42.5 Å². The maximum atomic E-state index is 9.30. The Morgan fingerprint density at radius 1 is 1.21 bits per heavy atom. The van der Waals surface area contributed by atoms with E-state index in [0.29, 0.717) is 11.3 Å². The molecule has 0 unspecified atom stereocenters. The topological polar surface area (TPSA) is 33.0 Å². The molecule has 0 aliphatic rings. The molecule has 0 aliphatic carbocycles. The lowest BCUT2D eigenvalue weighted by molar-refractivity contribution is 0.479. The lowest BCUT2D eigenvalue weighted by Crippen LogP contribution is -1.90. The number of nitriles is 1. The first-order valence-electron chi connectivity index (χ1n) is 5.84. The van der Waals surface area contributed by atoms with E-state index in [4.69, 9.17) is 4.74 Å². The molecule has 2 aromatic rings. The molecule has 2 rings (SSSR count). The third-order valence-corrected chi connectivity index (χ3v) is 3.91. The quantitative estimate of drug-likeness (QED) is 0.718. The summed E-state index contributed by atoms with van der Waals surface area (Å²) >= 11 is 5.02. The molecule has 0 aliphatic heterocycles. The van der Waals surface area contributed by atoms with Crippen LogP contribution in [0.2, 0.25) is 0 Å². The molecule has 4 heteroatoms. The maximum absolute atomic E-state index is 9.30. The number of benzene rings is 2. The summed E-state index contributed by atoms with van der Waals surface area (Å²) in [5.41, 5.74) is 0.595. The minimum Gasteiger partial charge on any atom is -0.456 e. The van der Waals surface area contributed by atoms with Crippen LogP contribution in [0.3, 0.4) is 0 Å². The molecule has 0 amide bonds. The molecule has 2 aromatic carbocycles. The molecule has 0 saturated heterocycles. The second-order valence-corrected chi connectivity index (χ2v) is 5.95. The molecule has 0 saturated carbocycles.